The lowest BCUT2D eigenvalue weighted by molar-refractivity contribution is 0.0690. The zero-order chi connectivity index (χ0) is 12.5. The number of aromatic nitrogens is 2. The van der Waals surface area contributed by atoms with Crippen LogP contribution in [0.25, 0.3) is 0 Å². The fourth-order valence-corrected chi connectivity index (χ4v) is 1.93. The van der Waals surface area contributed by atoms with E-state index < -0.39 is 5.97 Å². The van der Waals surface area contributed by atoms with Crippen LogP contribution in [-0.2, 0) is 0 Å². The molecule has 0 aromatic carbocycles. The summed E-state index contributed by atoms with van der Waals surface area (Å²) in [6, 6.07) is 1.42. The Bertz CT molecular complexity index is 422. The van der Waals surface area contributed by atoms with Crippen LogP contribution in [0.1, 0.15) is 37.2 Å². The van der Waals surface area contributed by atoms with Gasteiger partial charge in [-0.05, 0) is 24.3 Å². The van der Waals surface area contributed by atoms with Crippen molar-refractivity contribution < 1.29 is 9.90 Å². The third-order valence-electron chi connectivity index (χ3n) is 3.26. The van der Waals surface area contributed by atoms with Gasteiger partial charge in [-0.3, -0.25) is 0 Å². The summed E-state index contributed by atoms with van der Waals surface area (Å²) in [7, 11) is 0. The normalized spacial score (nSPS) is 19.1. The van der Waals surface area contributed by atoms with Crippen LogP contribution in [0.15, 0.2) is 12.3 Å². The van der Waals surface area contributed by atoms with Crippen molar-refractivity contribution in [3.8, 4) is 0 Å². The first-order chi connectivity index (χ1) is 7.98. The lowest BCUT2D eigenvalue weighted by atomic mass is 9.83. The number of anilines is 1. The molecule has 0 aliphatic carbocycles. The molecule has 17 heavy (non-hydrogen) atoms. The van der Waals surface area contributed by atoms with E-state index in [9.17, 15) is 4.79 Å². The van der Waals surface area contributed by atoms with Gasteiger partial charge >= 0.3 is 5.97 Å². The molecule has 2 rings (SSSR count). The topological polar surface area (TPSA) is 66.3 Å². The number of rotatable bonds is 2. The molecule has 0 amide bonds. The molecule has 1 aromatic heterocycles. The molecule has 1 N–H and O–H groups in total. The molecule has 1 fully saturated rings. The quantitative estimate of drug-likeness (QED) is 0.846. The highest BCUT2D eigenvalue weighted by Crippen LogP contribution is 2.30. The standard InChI is InChI=1S/C12H17N3O2/c1-12(2)4-7-15(8-5-12)11-13-6-3-9(14-11)10(16)17/h3,6H,4-5,7-8H2,1-2H3,(H,16,17). The van der Waals surface area contributed by atoms with Crippen LogP contribution in [0.4, 0.5) is 5.95 Å². The first-order valence-corrected chi connectivity index (χ1v) is 5.79. The molecule has 2 heterocycles. The molecule has 0 atom stereocenters. The van der Waals surface area contributed by atoms with Crippen LogP contribution in [0.3, 0.4) is 0 Å². The molecular weight excluding hydrogens is 218 g/mol. The Morgan fingerprint density at radius 3 is 2.65 bits per heavy atom. The smallest absolute Gasteiger partial charge is 0.354 e. The highest BCUT2D eigenvalue weighted by Gasteiger charge is 2.26. The maximum absolute atomic E-state index is 10.8. The molecule has 0 spiro atoms. The van der Waals surface area contributed by atoms with Crippen LogP contribution >= 0.6 is 0 Å². The van der Waals surface area contributed by atoms with Gasteiger partial charge < -0.3 is 10.0 Å². The van der Waals surface area contributed by atoms with Crippen molar-refractivity contribution in [2.75, 3.05) is 18.0 Å². The van der Waals surface area contributed by atoms with Crippen LogP contribution in [0.2, 0.25) is 0 Å². The van der Waals surface area contributed by atoms with Crippen molar-refractivity contribution in [1.82, 2.24) is 9.97 Å². The van der Waals surface area contributed by atoms with Gasteiger partial charge in [-0.15, -0.1) is 0 Å². The second-order valence-corrected chi connectivity index (χ2v) is 5.20. The molecule has 0 bridgehead atoms. The van der Waals surface area contributed by atoms with Crippen molar-refractivity contribution in [2.24, 2.45) is 5.41 Å². The summed E-state index contributed by atoms with van der Waals surface area (Å²) in [5, 5.41) is 8.88. The second-order valence-electron chi connectivity index (χ2n) is 5.20. The number of carboxylic acids is 1. The van der Waals surface area contributed by atoms with Gasteiger partial charge in [0.2, 0.25) is 5.95 Å². The van der Waals surface area contributed by atoms with Gasteiger partial charge in [0.15, 0.2) is 5.69 Å². The van der Waals surface area contributed by atoms with Crippen molar-refractivity contribution >= 4 is 11.9 Å². The van der Waals surface area contributed by atoms with Gasteiger partial charge in [-0.2, -0.15) is 0 Å². The number of hydrogen-bond donors (Lipinski definition) is 1. The van der Waals surface area contributed by atoms with Crippen LogP contribution in [0, 0.1) is 5.41 Å². The fourth-order valence-electron chi connectivity index (χ4n) is 1.93. The molecule has 5 nitrogen and oxygen atoms in total. The maximum atomic E-state index is 10.8. The summed E-state index contributed by atoms with van der Waals surface area (Å²) in [5.41, 5.74) is 0.417. The van der Waals surface area contributed by atoms with Gasteiger partial charge in [-0.25, -0.2) is 14.8 Å². The van der Waals surface area contributed by atoms with E-state index in [-0.39, 0.29) is 5.69 Å². The van der Waals surface area contributed by atoms with Crippen LogP contribution in [-0.4, -0.2) is 34.1 Å². The molecule has 5 heteroatoms. The lowest BCUT2D eigenvalue weighted by Crippen LogP contribution is -2.38. The van der Waals surface area contributed by atoms with Gasteiger partial charge in [-0.1, -0.05) is 13.8 Å². The second kappa shape index (κ2) is 4.31. The maximum Gasteiger partial charge on any atom is 0.354 e. The summed E-state index contributed by atoms with van der Waals surface area (Å²) < 4.78 is 0. The molecule has 1 saturated heterocycles. The van der Waals surface area contributed by atoms with E-state index in [4.69, 9.17) is 5.11 Å². The fraction of sp³-hybridized carbons (Fsp3) is 0.583. The summed E-state index contributed by atoms with van der Waals surface area (Å²) in [6.45, 7) is 6.27. The Morgan fingerprint density at radius 1 is 1.41 bits per heavy atom. The minimum Gasteiger partial charge on any atom is -0.477 e. The average Bonchev–Trinajstić information content (AvgIpc) is 2.29. The summed E-state index contributed by atoms with van der Waals surface area (Å²) in [6.07, 6.45) is 3.66. The first kappa shape index (κ1) is 11.8. The highest BCUT2D eigenvalue weighted by atomic mass is 16.4. The Labute approximate surface area is 100 Å². The first-order valence-electron chi connectivity index (χ1n) is 5.79. The number of carbonyl (C=O) groups is 1. The molecule has 0 radical (unpaired) electrons. The third kappa shape index (κ3) is 2.72. The zero-order valence-corrected chi connectivity index (χ0v) is 10.2. The molecule has 1 aliphatic heterocycles. The molecule has 0 saturated carbocycles. The predicted octanol–water partition coefficient (Wildman–Crippen LogP) is 1.80. The van der Waals surface area contributed by atoms with Gasteiger partial charge in [0.1, 0.15) is 0 Å². The van der Waals surface area contributed by atoms with E-state index in [2.05, 4.69) is 28.7 Å². The summed E-state index contributed by atoms with van der Waals surface area (Å²) in [5.74, 6) is -0.480. The zero-order valence-electron chi connectivity index (χ0n) is 10.2. The number of hydrogen-bond acceptors (Lipinski definition) is 4. The Balaban J connectivity index is 2.13. The Hall–Kier alpha value is -1.65. The molecule has 1 aliphatic rings. The van der Waals surface area contributed by atoms with Crippen molar-refractivity contribution in [1.29, 1.82) is 0 Å². The van der Waals surface area contributed by atoms with Crippen molar-refractivity contribution in [3.05, 3.63) is 18.0 Å². The van der Waals surface area contributed by atoms with E-state index >= 15 is 0 Å². The molecule has 1 aromatic rings. The van der Waals surface area contributed by atoms with E-state index in [0.29, 0.717) is 11.4 Å². The highest BCUT2D eigenvalue weighted by molar-refractivity contribution is 5.85. The number of nitrogens with zero attached hydrogens (tertiary/aromatic N) is 3. The van der Waals surface area contributed by atoms with E-state index in [0.717, 1.165) is 25.9 Å². The Kier molecular flexibility index (Phi) is 3.00. The molecule has 0 unspecified atom stereocenters. The third-order valence-corrected chi connectivity index (χ3v) is 3.26. The lowest BCUT2D eigenvalue weighted by Gasteiger charge is -2.36. The van der Waals surface area contributed by atoms with E-state index in [1.54, 1.807) is 0 Å². The summed E-state index contributed by atoms with van der Waals surface area (Å²) >= 11 is 0. The SMILES string of the molecule is CC1(C)CCN(c2nccc(C(=O)O)n2)CC1. The molecular formula is C12H17N3O2. The number of aromatic carboxylic acids is 1. The predicted molar refractivity (Wildman–Crippen MR) is 64.2 cm³/mol. The van der Waals surface area contributed by atoms with Gasteiger partial charge in [0.25, 0.3) is 0 Å². The minimum absolute atomic E-state index is 0.0554. The van der Waals surface area contributed by atoms with E-state index in [1.165, 1.54) is 12.3 Å². The van der Waals surface area contributed by atoms with Crippen LogP contribution in [0.5, 0.6) is 0 Å². The van der Waals surface area contributed by atoms with Gasteiger partial charge in [0, 0.05) is 19.3 Å². The minimum atomic E-state index is -1.01. The van der Waals surface area contributed by atoms with E-state index in [1.807, 2.05) is 0 Å². The van der Waals surface area contributed by atoms with Gasteiger partial charge in [0.05, 0.1) is 0 Å². The van der Waals surface area contributed by atoms with Crippen molar-refractivity contribution in [3.63, 3.8) is 0 Å². The monoisotopic (exact) mass is 235 g/mol. The van der Waals surface area contributed by atoms with Crippen LogP contribution < -0.4 is 4.90 Å². The molecule has 92 valence electrons. The Morgan fingerprint density at radius 2 is 2.06 bits per heavy atom. The largest absolute Gasteiger partial charge is 0.477 e. The number of carboxylic acid groups (broad SMARTS) is 1. The number of piperidine rings is 1. The summed E-state index contributed by atoms with van der Waals surface area (Å²) in [4.78, 5) is 21.1. The average molecular weight is 235 g/mol. The van der Waals surface area contributed by atoms with Crippen molar-refractivity contribution in [2.45, 2.75) is 26.7 Å².